The summed E-state index contributed by atoms with van der Waals surface area (Å²) in [5.74, 6) is 0. The van der Waals surface area contributed by atoms with Crippen LogP contribution < -0.4 is 0 Å². The van der Waals surface area contributed by atoms with Crippen molar-refractivity contribution in [3.05, 3.63) is 0 Å². The van der Waals surface area contributed by atoms with Gasteiger partial charge < -0.3 is 0 Å². The van der Waals surface area contributed by atoms with Crippen molar-refractivity contribution in [2.24, 2.45) is 0 Å². The van der Waals surface area contributed by atoms with Gasteiger partial charge in [0, 0.05) is 0 Å². The molecule has 0 saturated carbocycles. The highest BCUT2D eigenvalue weighted by atomic mass is 127. The fraction of sp³-hybridized carbons (Fsp3) is 1.00. The van der Waals surface area contributed by atoms with E-state index in [1.54, 1.807) is 0 Å². The Morgan fingerprint density at radius 2 is 1.14 bits per heavy atom. The predicted molar refractivity (Wildman–Crippen MR) is 75.7 cm³/mol. The van der Waals surface area contributed by atoms with E-state index in [9.17, 15) is 0 Å². The molecular weight excluding hydrogens is 486 g/mol. The Balaban J connectivity index is -0.0000000360. The average molecular weight is 494 g/mol. The van der Waals surface area contributed by atoms with Gasteiger partial charge in [-0.15, -0.1) is 0 Å². The van der Waals surface area contributed by atoms with Gasteiger partial charge in [-0.05, 0) is 6.66 Å². The second kappa shape index (κ2) is 34.0. The van der Waals surface area contributed by atoms with E-state index < -0.39 is 0 Å². The van der Waals surface area contributed by atoms with Gasteiger partial charge in [0.15, 0.2) is 0 Å². The molecule has 0 aliphatic rings. The number of halogens is 3. The molecule has 0 saturated heterocycles. The van der Waals surface area contributed by atoms with E-state index in [4.69, 9.17) is 0 Å². The average Bonchev–Trinajstić information content (AvgIpc) is 1.78. The smallest absolute Gasteiger partial charge is 0.0381 e. The summed E-state index contributed by atoms with van der Waals surface area (Å²) >= 11 is 6.45. The van der Waals surface area contributed by atoms with Gasteiger partial charge in [0.1, 0.15) is 0 Å². The summed E-state index contributed by atoms with van der Waals surface area (Å²) in [6.07, 6.45) is 1.05. The van der Waals surface area contributed by atoms with Crippen molar-refractivity contribution in [1.29, 1.82) is 0 Å². The van der Waals surface area contributed by atoms with Crippen LogP contribution in [0.4, 0.5) is 0 Å². The van der Waals surface area contributed by atoms with E-state index in [1.165, 1.54) is 0 Å². The molecule has 48 valence electrons. The molecule has 0 heterocycles. The quantitative estimate of drug-likeness (QED) is 0.353. The third kappa shape index (κ3) is 43.8. The molecular formula is CH8I3P3. The third-order valence-electron chi connectivity index (χ3n) is 0. The first-order valence-electron chi connectivity index (χ1n) is 1.13. The zero-order chi connectivity index (χ0) is 6.71. The van der Waals surface area contributed by atoms with Gasteiger partial charge in [-0.25, -0.2) is 0 Å². The van der Waals surface area contributed by atoms with Gasteiger partial charge in [-0.2, -0.15) is 0 Å². The van der Waals surface area contributed by atoms with E-state index >= 15 is 0 Å². The molecule has 0 nitrogen and oxygen atoms in total. The molecule has 0 radical (unpaired) electrons. The molecule has 0 fully saturated rings. The summed E-state index contributed by atoms with van der Waals surface area (Å²) in [5, 5.41) is 0. The predicted octanol–water partition coefficient (Wildman–Crippen LogP) is 4.07. The number of hydrogen-bond acceptors (Lipinski definition) is 0. The number of hydrogen-bond donors (Lipinski definition) is 0. The van der Waals surface area contributed by atoms with Gasteiger partial charge in [0.2, 0.25) is 0 Å². The fourth-order valence-corrected chi connectivity index (χ4v) is 0. The lowest BCUT2D eigenvalue weighted by atomic mass is 12.0. The minimum absolute atomic E-state index is 1.05. The van der Waals surface area contributed by atoms with Gasteiger partial charge in [0.05, 0.1) is 0 Å². The van der Waals surface area contributed by atoms with Crippen molar-refractivity contribution in [2.45, 2.75) is 0 Å². The largest absolute Gasteiger partial charge is 0.0702 e. The minimum Gasteiger partial charge on any atom is -0.0702 e. The summed E-state index contributed by atoms with van der Waals surface area (Å²) in [6.45, 7) is 6.91. The summed E-state index contributed by atoms with van der Waals surface area (Å²) in [5.41, 5.74) is 0. The van der Waals surface area contributed by atoms with Gasteiger partial charge in [-0.1, -0.05) is 86.1 Å². The normalized spacial score (nSPS) is 6.00. The Hall–Kier alpha value is 3.48. The topological polar surface area (TPSA) is 0 Å². The second-order valence-corrected chi connectivity index (χ2v) is 3.80. The van der Waals surface area contributed by atoms with Crippen LogP contribution in [0, 0.1) is 0 Å². The van der Waals surface area contributed by atoms with E-state index in [0.29, 0.717) is 0 Å². The maximum absolute atomic E-state index is 2.39. The molecule has 7 heavy (non-hydrogen) atoms. The zero-order valence-electron chi connectivity index (χ0n) is 3.79. The Labute approximate surface area is 91.1 Å². The van der Waals surface area contributed by atoms with E-state index in [-0.39, 0.29) is 0 Å². The zero-order valence-corrected chi connectivity index (χ0v) is 13.6. The molecule has 3 atom stereocenters. The van der Waals surface area contributed by atoms with Crippen LogP contribution >= 0.6 is 86.1 Å². The van der Waals surface area contributed by atoms with Crippen LogP contribution in [0.2, 0.25) is 0 Å². The van der Waals surface area contributed by atoms with Crippen molar-refractivity contribution in [3.63, 3.8) is 0 Å². The fourth-order valence-electron chi connectivity index (χ4n) is 0. The maximum atomic E-state index is 2.39. The number of rotatable bonds is 0. The van der Waals surface area contributed by atoms with Crippen molar-refractivity contribution in [3.8, 4) is 0 Å². The highest BCUT2D eigenvalue weighted by Crippen LogP contribution is 2.11. The molecule has 0 bridgehead atoms. The van der Waals surface area contributed by atoms with Crippen LogP contribution in [0.3, 0.4) is 0 Å². The van der Waals surface area contributed by atoms with E-state index in [2.05, 4.69) is 86.6 Å². The molecule has 0 aromatic rings. The molecule has 0 rings (SSSR count). The molecule has 0 aromatic carbocycles. The molecule has 0 aliphatic heterocycles. The highest BCUT2D eigenvalue weighted by Gasteiger charge is 1.36. The van der Waals surface area contributed by atoms with Crippen LogP contribution in [0.25, 0.3) is 0 Å². The van der Waals surface area contributed by atoms with Crippen LogP contribution in [-0.2, 0) is 0 Å². The van der Waals surface area contributed by atoms with Crippen LogP contribution in [0.1, 0.15) is 0 Å². The lowest BCUT2D eigenvalue weighted by Crippen LogP contribution is -0.974. The van der Waals surface area contributed by atoms with E-state index in [0.717, 1.165) is 6.22 Å². The standard InChI is InChI=1S/CH4IP.2H2IP/c1-3-2;2*1-2/h3H,1H3;2*2H2. The van der Waals surface area contributed by atoms with Crippen molar-refractivity contribution >= 4 is 86.1 Å². The molecule has 0 aromatic heterocycles. The Kier molecular flexibility index (Phi) is 81.7. The lowest BCUT2D eigenvalue weighted by molar-refractivity contribution is 2.52. The summed E-state index contributed by atoms with van der Waals surface area (Å²) in [4.78, 5) is 0. The molecule has 3 unspecified atom stereocenters. The van der Waals surface area contributed by atoms with E-state index in [1.807, 2.05) is 0 Å². The molecule has 0 amide bonds. The van der Waals surface area contributed by atoms with Crippen LogP contribution in [0.15, 0.2) is 0 Å². The Morgan fingerprint density at radius 1 is 1.14 bits per heavy atom. The second-order valence-electron chi connectivity index (χ2n) is 0.189. The molecule has 6 heteroatoms. The van der Waals surface area contributed by atoms with Gasteiger partial charge in [-0.3, -0.25) is 0 Å². The third-order valence-corrected chi connectivity index (χ3v) is 0. The first kappa shape index (κ1) is 16.8. The first-order valence-corrected chi connectivity index (χ1v) is 14.1. The highest BCUT2D eigenvalue weighted by molar-refractivity contribution is 14.2. The minimum atomic E-state index is 1.05. The monoisotopic (exact) mass is 494 g/mol. The molecule has 0 aliphatic carbocycles. The molecule has 0 N–H and O–H groups in total. The van der Waals surface area contributed by atoms with Gasteiger partial charge in [0.25, 0.3) is 0 Å². The Morgan fingerprint density at radius 3 is 1.14 bits per heavy atom. The Bertz CT molecular complexity index is 10.1. The van der Waals surface area contributed by atoms with Gasteiger partial charge >= 0.3 is 0 Å². The van der Waals surface area contributed by atoms with Crippen molar-refractivity contribution in [2.75, 3.05) is 6.66 Å². The maximum Gasteiger partial charge on any atom is -0.0381 e. The van der Waals surface area contributed by atoms with Crippen LogP contribution in [0.5, 0.6) is 0 Å². The molecule has 0 spiro atoms. The van der Waals surface area contributed by atoms with Crippen molar-refractivity contribution in [1.82, 2.24) is 0 Å². The summed E-state index contributed by atoms with van der Waals surface area (Å²) in [7, 11) is 0. The first-order chi connectivity index (χ1) is 3.41. The SMILES string of the molecule is CPI.PI.PI. The summed E-state index contributed by atoms with van der Waals surface area (Å²) < 4.78 is 0. The summed E-state index contributed by atoms with van der Waals surface area (Å²) in [6, 6.07) is 0. The van der Waals surface area contributed by atoms with Crippen molar-refractivity contribution < 1.29 is 0 Å². The van der Waals surface area contributed by atoms with Crippen LogP contribution in [-0.4, -0.2) is 6.66 Å². The lowest BCUT2D eigenvalue weighted by Gasteiger charge is -1.47.